The van der Waals surface area contributed by atoms with E-state index in [1.54, 1.807) is 36.0 Å². The molecule has 42 heavy (non-hydrogen) atoms. The molecular formula is C33H23F3N2O3S. The molecule has 9 heteroatoms. The van der Waals surface area contributed by atoms with Crippen LogP contribution >= 0.6 is 11.3 Å². The van der Waals surface area contributed by atoms with Crippen molar-refractivity contribution in [1.82, 2.24) is 4.57 Å². The molecule has 1 aliphatic heterocycles. The molecule has 0 spiro atoms. The minimum atomic E-state index is -4.46. The summed E-state index contributed by atoms with van der Waals surface area (Å²) in [6, 6.07) is 23.7. The smallest absolute Gasteiger partial charge is 0.416 e. The summed E-state index contributed by atoms with van der Waals surface area (Å²) < 4.78 is 53.4. The molecule has 0 fully saturated rings. The second kappa shape index (κ2) is 10.0. The SMILES string of the molecule is COc1ccccc1[C@H]1C2=C(N=c3s/c(=C\c4ccc(-c5cccc(C(F)(F)F)c5)o4)c(=O)n31)c1ccccc1CC2. The van der Waals surface area contributed by atoms with Crippen molar-refractivity contribution in [2.24, 2.45) is 4.99 Å². The first kappa shape index (κ1) is 26.3. The summed E-state index contributed by atoms with van der Waals surface area (Å²) in [6.07, 6.45) is -1.25. The topological polar surface area (TPSA) is 56.7 Å². The number of hydrogen-bond donors (Lipinski definition) is 0. The fraction of sp³-hybridized carbons (Fsp3) is 0.152. The predicted octanol–water partition coefficient (Wildman–Crippen LogP) is 6.61. The zero-order valence-electron chi connectivity index (χ0n) is 22.3. The molecule has 3 aromatic carbocycles. The molecule has 0 amide bonds. The molecule has 1 aliphatic carbocycles. The summed E-state index contributed by atoms with van der Waals surface area (Å²) in [5, 5.41) is 0. The van der Waals surface area contributed by atoms with Crippen LogP contribution in [0.3, 0.4) is 0 Å². The van der Waals surface area contributed by atoms with Gasteiger partial charge in [0.1, 0.15) is 17.3 Å². The fourth-order valence-corrected chi connectivity index (χ4v) is 6.74. The molecule has 2 aromatic heterocycles. The molecule has 1 atom stereocenters. The fourth-order valence-electron chi connectivity index (χ4n) is 5.75. The number of aromatic nitrogens is 1. The molecule has 0 radical (unpaired) electrons. The van der Waals surface area contributed by atoms with E-state index in [0.29, 0.717) is 26.4 Å². The lowest BCUT2D eigenvalue weighted by Crippen LogP contribution is -2.38. The van der Waals surface area contributed by atoms with Crippen molar-refractivity contribution in [3.63, 3.8) is 0 Å². The number of benzene rings is 3. The molecule has 0 unspecified atom stereocenters. The van der Waals surface area contributed by atoms with Gasteiger partial charge in [0, 0.05) is 22.8 Å². The highest BCUT2D eigenvalue weighted by Crippen LogP contribution is 2.43. The van der Waals surface area contributed by atoms with Crippen LogP contribution in [0.2, 0.25) is 0 Å². The van der Waals surface area contributed by atoms with Gasteiger partial charge < -0.3 is 9.15 Å². The highest BCUT2D eigenvalue weighted by molar-refractivity contribution is 7.07. The highest BCUT2D eigenvalue weighted by atomic mass is 32.1. The van der Waals surface area contributed by atoms with Crippen molar-refractivity contribution in [2.75, 3.05) is 7.11 Å². The Hall–Kier alpha value is -4.63. The maximum absolute atomic E-state index is 14.0. The molecule has 3 heterocycles. The standard InChI is InChI=1S/C33H23F3N2O3S/c1-40-27-12-5-4-11-24(27)30-25-15-13-19-7-2-3-10-23(19)29(25)37-32-38(30)31(39)28(42-32)18-22-14-16-26(41-22)20-8-6-9-21(17-20)33(34,35)36/h2-12,14,16-18,30H,13,15H2,1H3/b28-18-/t30-/m0/s1. The number of nitrogens with zero attached hydrogens (tertiary/aromatic N) is 2. The normalized spacial score (nSPS) is 16.5. The van der Waals surface area contributed by atoms with Crippen molar-refractivity contribution in [3.8, 4) is 17.1 Å². The molecule has 0 bridgehead atoms. The third-order valence-corrected chi connectivity index (χ3v) is 8.66. The lowest BCUT2D eigenvalue weighted by molar-refractivity contribution is -0.137. The number of methoxy groups -OCH3 is 1. The van der Waals surface area contributed by atoms with Crippen LogP contribution in [-0.2, 0) is 12.6 Å². The van der Waals surface area contributed by atoms with Crippen LogP contribution in [0, 0.1) is 0 Å². The van der Waals surface area contributed by atoms with E-state index in [0.717, 1.165) is 47.4 Å². The van der Waals surface area contributed by atoms with Crippen LogP contribution in [0.1, 0.15) is 40.5 Å². The van der Waals surface area contributed by atoms with Crippen molar-refractivity contribution >= 4 is 23.1 Å². The largest absolute Gasteiger partial charge is 0.496 e. The van der Waals surface area contributed by atoms with Crippen molar-refractivity contribution < 1.29 is 22.3 Å². The van der Waals surface area contributed by atoms with Gasteiger partial charge in [-0.2, -0.15) is 13.2 Å². The maximum Gasteiger partial charge on any atom is 0.416 e. The summed E-state index contributed by atoms with van der Waals surface area (Å²) in [5.41, 5.74) is 4.41. The summed E-state index contributed by atoms with van der Waals surface area (Å²) >= 11 is 1.25. The second-order valence-electron chi connectivity index (χ2n) is 10.1. The van der Waals surface area contributed by atoms with Crippen LogP contribution in [0.15, 0.2) is 105 Å². The predicted molar refractivity (Wildman–Crippen MR) is 155 cm³/mol. The lowest BCUT2D eigenvalue weighted by Gasteiger charge is -2.31. The van der Waals surface area contributed by atoms with Gasteiger partial charge >= 0.3 is 6.18 Å². The quantitative estimate of drug-likeness (QED) is 0.239. The number of thiazole rings is 1. The number of alkyl halides is 3. The maximum atomic E-state index is 14.0. The van der Waals surface area contributed by atoms with Gasteiger partial charge in [-0.1, -0.05) is 65.9 Å². The van der Waals surface area contributed by atoms with E-state index in [1.165, 1.54) is 23.0 Å². The molecule has 5 aromatic rings. The number of para-hydroxylation sites is 1. The van der Waals surface area contributed by atoms with Crippen LogP contribution in [-0.4, -0.2) is 11.7 Å². The lowest BCUT2D eigenvalue weighted by atomic mass is 9.83. The zero-order valence-corrected chi connectivity index (χ0v) is 23.1. The van der Waals surface area contributed by atoms with Gasteiger partial charge in [-0.15, -0.1) is 0 Å². The number of allylic oxidation sites excluding steroid dienone is 1. The van der Waals surface area contributed by atoms with Crippen LogP contribution in [0.25, 0.3) is 23.1 Å². The number of ether oxygens (including phenoxy) is 1. The van der Waals surface area contributed by atoms with E-state index < -0.39 is 17.8 Å². The number of fused-ring (bicyclic) bond motifs is 3. The molecule has 2 aliphatic rings. The van der Waals surface area contributed by atoms with Gasteiger partial charge in [0.05, 0.1) is 28.9 Å². The van der Waals surface area contributed by atoms with Gasteiger partial charge in [-0.05, 0) is 54.3 Å². The molecule has 210 valence electrons. The number of aryl methyl sites for hydroxylation is 1. The Bertz CT molecular complexity index is 2070. The van der Waals surface area contributed by atoms with Gasteiger partial charge in [0.2, 0.25) is 0 Å². The first-order valence-electron chi connectivity index (χ1n) is 13.4. The average Bonchev–Trinajstić information content (AvgIpc) is 3.60. The Morgan fingerprint density at radius 1 is 1.00 bits per heavy atom. The number of halogens is 3. The number of furan rings is 1. The van der Waals surface area contributed by atoms with E-state index in [-0.39, 0.29) is 11.3 Å². The van der Waals surface area contributed by atoms with Gasteiger partial charge in [-0.25, -0.2) is 4.99 Å². The first-order valence-corrected chi connectivity index (χ1v) is 14.2. The van der Waals surface area contributed by atoms with E-state index in [9.17, 15) is 18.0 Å². The third kappa shape index (κ3) is 4.41. The van der Waals surface area contributed by atoms with E-state index in [1.807, 2.05) is 36.4 Å². The molecule has 5 nitrogen and oxygen atoms in total. The van der Waals surface area contributed by atoms with Crippen LogP contribution < -0.4 is 19.6 Å². The minimum Gasteiger partial charge on any atom is -0.496 e. The van der Waals surface area contributed by atoms with E-state index >= 15 is 0 Å². The van der Waals surface area contributed by atoms with Crippen molar-refractivity contribution in [1.29, 1.82) is 0 Å². The molecule has 7 rings (SSSR count). The molecule has 0 saturated carbocycles. The van der Waals surface area contributed by atoms with Crippen molar-refractivity contribution in [2.45, 2.75) is 25.1 Å². The summed E-state index contributed by atoms with van der Waals surface area (Å²) in [5.74, 6) is 1.32. The summed E-state index contributed by atoms with van der Waals surface area (Å²) in [7, 11) is 1.62. The van der Waals surface area contributed by atoms with Gasteiger partial charge in [-0.3, -0.25) is 9.36 Å². The zero-order chi connectivity index (χ0) is 29.0. The minimum absolute atomic E-state index is 0.225. The molecule has 0 saturated heterocycles. The van der Waals surface area contributed by atoms with Crippen LogP contribution in [0.4, 0.5) is 13.2 Å². The van der Waals surface area contributed by atoms with Gasteiger partial charge in [0.25, 0.3) is 5.56 Å². The Balaban J connectivity index is 1.38. The van der Waals surface area contributed by atoms with Gasteiger partial charge in [0.15, 0.2) is 4.80 Å². The van der Waals surface area contributed by atoms with Crippen LogP contribution in [0.5, 0.6) is 5.75 Å². The molecule has 0 N–H and O–H groups in total. The molecular weight excluding hydrogens is 561 g/mol. The first-order chi connectivity index (χ1) is 20.3. The average molecular weight is 585 g/mol. The third-order valence-electron chi connectivity index (χ3n) is 7.68. The van der Waals surface area contributed by atoms with E-state index in [4.69, 9.17) is 14.1 Å². The second-order valence-corrected chi connectivity index (χ2v) is 11.1. The Morgan fingerprint density at radius 2 is 1.81 bits per heavy atom. The Morgan fingerprint density at radius 3 is 2.64 bits per heavy atom. The highest BCUT2D eigenvalue weighted by Gasteiger charge is 2.34. The monoisotopic (exact) mass is 584 g/mol. The van der Waals surface area contributed by atoms with E-state index in [2.05, 4.69) is 12.1 Å². The number of hydrogen-bond acceptors (Lipinski definition) is 5. The summed E-state index contributed by atoms with van der Waals surface area (Å²) in [4.78, 5) is 19.6. The Labute approximate surface area is 242 Å². The number of rotatable bonds is 4. The Kier molecular flexibility index (Phi) is 6.27. The summed E-state index contributed by atoms with van der Waals surface area (Å²) in [6.45, 7) is 0. The van der Waals surface area contributed by atoms with Crippen molar-refractivity contribution in [3.05, 3.63) is 138 Å².